The quantitative estimate of drug-likeness (QED) is 0.821. The van der Waals surface area contributed by atoms with Gasteiger partial charge in [-0.3, -0.25) is 4.79 Å². The van der Waals surface area contributed by atoms with Crippen molar-refractivity contribution < 1.29 is 4.79 Å². The number of nitrogen functional groups attached to an aromatic ring is 1. The van der Waals surface area contributed by atoms with Gasteiger partial charge in [0.1, 0.15) is 0 Å². The monoisotopic (exact) mass is 324 g/mol. The lowest BCUT2D eigenvalue weighted by Gasteiger charge is -2.09. The zero-order chi connectivity index (χ0) is 13.3. The molecule has 5 heteroatoms. The van der Waals surface area contributed by atoms with Gasteiger partial charge < -0.3 is 11.1 Å². The Kier molecular flexibility index (Phi) is 3.73. The fourth-order valence-electron chi connectivity index (χ4n) is 1.61. The molecule has 0 bridgehead atoms. The third-order valence-corrected chi connectivity index (χ3v) is 4.76. The number of carbonyl (C=O) groups is 1. The van der Waals surface area contributed by atoms with Gasteiger partial charge in [-0.1, -0.05) is 12.1 Å². The van der Waals surface area contributed by atoms with Crippen molar-refractivity contribution in [1.82, 2.24) is 0 Å². The molecule has 0 saturated heterocycles. The van der Waals surface area contributed by atoms with Crippen LogP contribution >= 0.6 is 27.3 Å². The number of para-hydroxylation sites is 1. The van der Waals surface area contributed by atoms with E-state index in [0.717, 1.165) is 14.9 Å². The van der Waals surface area contributed by atoms with Gasteiger partial charge in [0.05, 0.1) is 20.0 Å². The largest absolute Gasteiger partial charge is 0.397 e. The fourth-order valence-corrected chi connectivity index (χ4v) is 3.04. The molecule has 3 nitrogen and oxygen atoms in total. The highest BCUT2D eigenvalue weighted by Gasteiger charge is 2.13. The minimum Gasteiger partial charge on any atom is -0.397 e. The normalized spacial score (nSPS) is 10.4. The average molecular weight is 325 g/mol. The van der Waals surface area contributed by atoms with Gasteiger partial charge in [0.2, 0.25) is 0 Å². The van der Waals surface area contributed by atoms with Gasteiger partial charge in [0.15, 0.2) is 0 Å². The van der Waals surface area contributed by atoms with Gasteiger partial charge in [-0.05, 0) is 53.0 Å². The van der Waals surface area contributed by atoms with E-state index in [0.29, 0.717) is 16.3 Å². The summed E-state index contributed by atoms with van der Waals surface area (Å²) < 4.78 is 0.977. The number of amides is 1. The molecule has 0 saturated carbocycles. The molecule has 0 aliphatic rings. The summed E-state index contributed by atoms with van der Waals surface area (Å²) in [7, 11) is 0. The molecule has 1 aromatic carbocycles. The standard InChI is InChI=1S/C13H13BrN2OS/c1-7-4-3-5-9(15)11(7)16-13(17)10-6-8(2)12(14)18-10/h3-6H,15H2,1-2H3,(H,16,17). The van der Waals surface area contributed by atoms with E-state index >= 15 is 0 Å². The number of thiophene rings is 1. The molecule has 2 rings (SSSR count). The van der Waals surface area contributed by atoms with Gasteiger partial charge in [-0.15, -0.1) is 11.3 Å². The van der Waals surface area contributed by atoms with E-state index in [1.165, 1.54) is 11.3 Å². The Morgan fingerprint density at radius 2 is 2.06 bits per heavy atom. The molecule has 0 spiro atoms. The number of anilines is 2. The minimum atomic E-state index is -0.130. The SMILES string of the molecule is Cc1cc(C(=O)Nc2c(C)cccc2N)sc1Br. The minimum absolute atomic E-state index is 0.130. The van der Waals surface area contributed by atoms with Gasteiger partial charge in [-0.2, -0.15) is 0 Å². The predicted molar refractivity (Wildman–Crippen MR) is 80.3 cm³/mol. The Labute approximate surface area is 118 Å². The average Bonchev–Trinajstić information content (AvgIpc) is 2.64. The Hall–Kier alpha value is -1.33. The third-order valence-electron chi connectivity index (χ3n) is 2.62. The first-order valence-electron chi connectivity index (χ1n) is 5.41. The molecule has 1 aromatic heterocycles. The van der Waals surface area contributed by atoms with Gasteiger partial charge in [0, 0.05) is 0 Å². The van der Waals surface area contributed by atoms with E-state index in [2.05, 4.69) is 21.2 Å². The van der Waals surface area contributed by atoms with Crippen molar-refractivity contribution in [3.8, 4) is 0 Å². The molecule has 0 aliphatic carbocycles. The summed E-state index contributed by atoms with van der Waals surface area (Å²) in [6, 6.07) is 7.42. The lowest BCUT2D eigenvalue weighted by molar-refractivity contribution is 0.103. The first-order valence-corrected chi connectivity index (χ1v) is 7.02. The number of nitrogens with two attached hydrogens (primary N) is 1. The Morgan fingerprint density at radius 3 is 2.61 bits per heavy atom. The second kappa shape index (κ2) is 5.12. The summed E-state index contributed by atoms with van der Waals surface area (Å²) in [6.07, 6.45) is 0. The lowest BCUT2D eigenvalue weighted by Crippen LogP contribution is -2.12. The van der Waals surface area contributed by atoms with E-state index in [9.17, 15) is 4.79 Å². The number of nitrogens with one attached hydrogen (secondary N) is 1. The van der Waals surface area contributed by atoms with Crippen LogP contribution in [0.15, 0.2) is 28.1 Å². The molecule has 0 fully saturated rings. The van der Waals surface area contributed by atoms with E-state index in [1.54, 1.807) is 6.07 Å². The van der Waals surface area contributed by atoms with Crippen molar-refractivity contribution in [2.24, 2.45) is 0 Å². The Bertz CT molecular complexity index is 567. The topological polar surface area (TPSA) is 55.1 Å². The molecule has 2 aromatic rings. The highest BCUT2D eigenvalue weighted by atomic mass is 79.9. The molecule has 0 aliphatic heterocycles. The van der Waals surface area contributed by atoms with Crippen LogP contribution in [0.4, 0.5) is 11.4 Å². The molecule has 3 N–H and O–H groups in total. The third kappa shape index (κ3) is 2.57. The van der Waals surface area contributed by atoms with Gasteiger partial charge >= 0.3 is 0 Å². The Balaban J connectivity index is 2.27. The molecular formula is C13H13BrN2OS. The maximum Gasteiger partial charge on any atom is 0.265 e. The first kappa shape index (κ1) is 13.1. The number of hydrogen-bond acceptors (Lipinski definition) is 3. The fraction of sp³-hybridized carbons (Fsp3) is 0.154. The van der Waals surface area contributed by atoms with E-state index < -0.39 is 0 Å². The van der Waals surface area contributed by atoms with Crippen LogP contribution in [-0.4, -0.2) is 5.91 Å². The van der Waals surface area contributed by atoms with Crippen LogP contribution in [0, 0.1) is 13.8 Å². The second-order valence-electron chi connectivity index (χ2n) is 4.06. The highest BCUT2D eigenvalue weighted by molar-refractivity contribution is 9.11. The van der Waals surface area contributed by atoms with Crippen molar-refractivity contribution >= 4 is 44.5 Å². The molecule has 18 heavy (non-hydrogen) atoms. The molecule has 1 heterocycles. The van der Waals surface area contributed by atoms with Crippen molar-refractivity contribution in [2.75, 3.05) is 11.1 Å². The Morgan fingerprint density at radius 1 is 1.33 bits per heavy atom. The molecule has 1 amide bonds. The summed E-state index contributed by atoms with van der Waals surface area (Å²) in [6.45, 7) is 3.88. The van der Waals surface area contributed by atoms with Gasteiger partial charge in [0.25, 0.3) is 5.91 Å². The first-order chi connectivity index (χ1) is 8.49. The maximum absolute atomic E-state index is 12.1. The summed E-state index contributed by atoms with van der Waals surface area (Å²) in [5, 5.41) is 2.86. The zero-order valence-electron chi connectivity index (χ0n) is 10.1. The molecule has 0 unspecified atom stereocenters. The van der Waals surface area contributed by atoms with E-state index in [1.807, 2.05) is 32.0 Å². The van der Waals surface area contributed by atoms with Crippen LogP contribution in [-0.2, 0) is 0 Å². The molecular weight excluding hydrogens is 312 g/mol. The zero-order valence-corrected chi connectivity index (χ0v) is 12.5. The van der Waals surface area contributed by atoms with Crippen LogP contribution in [0.3, 0.4) is 0 Å². The van der Waals surface area contributed by atoms with Crippen LogP contribution < -0.4 is 11.1 Å². The summed E-state index contributed by atoms with van der Waals surface area (Å²) >= 11 is 4.83. The summed E-state index contributed by atoms with van der Waals surface area (Å²) in [5.41, 5.74) is 9.14. The number of benzene rings is 1. The number of carbonyl (C=O) groups excluding carboxylic acids is 1. The van der Waals surface area contributed by atoms with Crippen molar-refractivity contribution in [2.45, 2.75) is 13.8 Å². The molecule has 0 atom stereocenters. The summed E-state index contributed by atoms with van der Waals surface area (Å²) in [4.78, 5) is 12.8. The van der Waals surface area contributed by atoms with Crippen molar-refractivity contribution in [3.05, 3.63) is 44.1 Å². The number of halogens is 1. The number of aryl methyl sites for hydroxylation is 2. The molecule has 0 radical (unpaired) electrons. The van der Waals surface area contributed by atoms with Gasteiger partial charge in [-0.25, -0.2) is 0 Å². The van der Waals surface area contributed by atoms with Crippen LogP contribution in [0.1, 0.15) is 20.8 Å². The second-order valence-corrected chi connectivity index (χ2v) is 6.43. The van der Waals surface area contributed by atoms with Crippen molar-refractivity contribution in [3.63, 3.8) is 0 Å². The van der Waals surface area contributed by atoms with Crippen LogP contribution in [0.5, 0.6) is 0 Å². The number of hydrogen-bond donors (Lipinski definition) is 2. The van der Waals surface area contributed by atoms with Crippen LogP contribution in [0.2, 0.25) is 0 Å². The van der Waals surface area contributed by atoms with Crippen molar-refractivity contribution in [1.29, 1.82) is 0 Å². The molecule has 94 valence electrons. The lowest BCUT2D eigenvalue weighted by atomic mass is 10.1. The highest BCUT2D eigenvalue weighted by Crippen LogP contribution is 2.29. The maximum atomic E-state index is 12.1. The summed E-state index contributed by atoms with van der Waals surface area (Å²) in [5.74, 6) is -0.130. The van der Waals surface area contributed by atoms with E-state index in [-0.39, 0.29) is 5.91 Å². The number of rotatable bonds is 2. The smallest absolute Gasteiger partial charge is 0.265 e. The van der Waals surface area contributed by atoms with E-state index in [4.69, 9.17) is 5.73 Å². The van der Waals surface area contributed by atoms with Crippen LogP contribution in [0.25, 0.3) is 0 Å². The predicted octanol–water partition coefficient (Wildman–Crippen LogP) is 3.96.